The van der Waals surface area contributed by atoms with E-state index in [4.69, 9.17) is 16.3 Å². The molecule has 7 rings (SSSR count). The van der Waals surface area contributed by atoms with Gasteiger partial charge in [0.05, 0.1) is 21.3 Å². The molecule has 8 nitrogen and oxygen atoms in total. The number of alkyl halides is 2. The lowest BCUT2D eigenvalue weighted by Gasteiger charge is -2.19. The maximum atomic E-state index is 12.5. The van der Waals surface area contributed by atoms with Crippen LogP contribution >= 0.6 is 11.6 Å². The fourth-order valence-electron chi connectivity index (χ4n) is 7.54. The Labute approximate surface area is 503 Å². The Morgan fingerprint density at radius 1 is 0.482 bits per heavy atom. The Hall–Kier alpha value is -5.15. The van der Waals surface area contributed by atoms with E-state index in [1.54, 1.807) is 88.4 Å². The minimum atomic E-state index is -3.39. The van der Waals surface area contributed by atoms with Crippen molar-refractivity contribution in [2.45, 2.75) is 211 Å². The Kier molecular flexibility index (Phi) is 25.7. The molecule has 0 atom stereocenters. The topological polar surface area (TPSA) is 121 Å². The SMILES string of the molecule is CC(C)(C)c1ccc(Cl)cc1.CC(C)(C)c1ccc(F)cc1.CC(C)(C)c1ccc(OC(F)F)cc1.CC(C)(C)c1ccc2c(c1)S(=O)(=O)C(C)(C)O2.CCS(=O)(=O)c1ccc(C(C)(C)C)cc1.CCS(=O)(=O)c1cccc(C(C)(C)C)c1. The maximum Gasteiger partial charge on any atom is 0.387 e. The van der Waals surface area contributed by atoms with Gasteiger partial charge >= 0.3 is 6.61 Å². The molecule has 0 radical (unpaired) electrons. The van der Waals surface area contributed by atoms with E-state index in [-0.39, 0.29) is 55.6 Å². The van der Waals surface area contributed by atoms with E-state index in [2.05, 4.69) is 141 Å². The van der Waals surface area contributed by atoms with E-state index in [1.165, 1.54) is 23.3 Å². The molecule has 1 aliphatic rings. The zero-order chi connectivity index (χ0) is 64.2. The van der Waals surface area contributed by atoms with Gasteiger partial charge in [-0.3, -0.25) is 0 Å². The Balaban J connectivity index is 0.000000342. The van der Waals surface area contributed by atoms with E-state index in [0.717, 1.165) is 27.3 Å². The number of sulfone groups is 3. The number of benzene rings is 6. The molecule has 15 heteroatoms. The lowest BCUT2D eigenvalue weighted by molar-refractivity contribution is -0.0498. The second-order valence-corrected chi connectivity index (χ2v) is 34.4. The molecule has 0 saturated carbocycles. The molecule has 0 aliphatic carbocycles. The summed E-state index contributed by atoms with van der Waals surface area (Å²) in [4.78, 5) is -0.00314. The van der Waals surface area contributed by atoms with Gasteiger partial charge in [-0.25, -0.2) is 29.6 Å². The van der Waals surface area contributed by atoms with Gasteiger partial charge in [0.1, 0.15) is 22.2 Å². The van der Waals surface area contributed by atoms with Gasteiger partial charge in [-0.2, -0.15) is 8.78 Å². The Morgan fingerprint density at radius 3 is 1.19 bits per heavy atom. The molecule has 0 bridgehead atoms. The first-order chi connectivity index (χ1) is 37.5. The van der Waals surface area contributed by atoms with E-state index < -0.39 is 41.1 Å². The van der Waals surface area contributed by atoms with Crippen molar-refractivity contribution in [1.29, 1.82) is 0 Å². The van der Waals surface area contributed by atoms with Gasteiger partial charge in [-0.15, -0.1) is 0 Å². The van der Waals surface area contributed by atoms with Gasteiger partial charge < -0.3 is 9.47 Å². The van der Waals surface area contributed by atoms with Crippen molar-refractivity contribution in [1.82, 2.24) is 0 Å². The molecule has 0 amide bonds. The molecular formula is C68H94ClF3O8S3. The van der Waals surface area contributed by atoms with Crippen molar-refractivity contribution in [3.63, 3.8) is 0 Å². The standard InChI is InChI=1S/C13H18O3S.2C12H18O2S.C11H14F2O.C10H13Cl.C10H13F/c1-12(2,3)9-6-7-10-11(8-9)17(14,15)13(4,5)16-10;1-5-15(13,14)11-8-6-10(7-9-11)12(2,3)4;1-5-15(13,14)11-8-6-7-10(9-11)12(2,3)4;1-11(2,3)8-4-6-9(7-5-8)14-10(12)13;2*1-10(2,3)8-4-6-9(11)7-5-8/h6-8H,1-5H3;2*6-9H,5H2,1-4H3;4-7,10H,1-3H3;2*4-7H,1-3H3. The van der Waals surface area contributed by atoms with E-state index in [1.807, 2.05) is 54.6 Å². The highest BCUT2D eigenvalue weighted by Crippen LogP contribution is 2.43. The number of hydrogen-bond acceptors (Lipinski definition) is 8. The zero-order valence-corrected chi connectivity index (χ0v) is 56.5. The molecule has 0 saturated heterocycles. The first-order valence-corrected chi connectivity index (χ1v) is 33.0. The monoisotopic (exact) mass is 1230 g/mol. The van der Waals surface area contributed by atoms with E-state index in [0.29, 0.717) is 20.4 Å². The van der Waals surface area contributed by atoms with Gasteiger partial charge in [0, 0.05) is 5.02 Å². The second kappa shape index (κ2) is 28.8. The number of fused-ring (bicyclic) bond motifs is 1. The summed E-state index contributed by atoms with van der Waals surface area (Å²) < 4.78 is 117. The lowest BCUT2D eigenvalue weighted by Crippen LogP contribution is -2.32. The van der Waals surface area contributed by atoms with Crippen molar-refractivity contribution in [3.8, 4) is 11.5 Å². The Bertz CT molecular complexity index is 3280. The van der Waals surface area contributed by atoms with Crippen LogP contribution in [-0.2, 0) is 62.0 Å². The summed E-state index contributed by atoms with van der Waals surface area (Å²) in [5, 5.41) is 0.804. The molecule has 460 valence electrons. The van der Waals surface area contributed by atoms with Gasteiger partial charge in [-0.1, -0.05) is 217 Å². The van der Waals surface area contributed by atoms with Crippen molar-refractivity contribution >= 4 is 41.1 Å². The molecule has 1 aliphatic heterocycles. The van der Waals surface area contributed by atoms with Crippen LogP contribution in [0, 0.1) is 5.82 Å². The molecule has 0 aromatic heterocycles. The van der Waals surface area contributed by atoms with Crippen LogP contribution in [0.2, 0.25) is 5.02 Å². The minimum absolute atomic E-state index is 0.0146. The second-order valence-electron chi connectivity index (χ2n) is 26.9. The largest absolute Gasteiger partial charge is 0.470 e. The summed E-state index contributed by atoms with van der Waals surface area (Å²) in [6, 6.07) is 41.2. The van der Waals surface area contributed by atoms with E-state index in [9.17, 15) is 38.4 Å². The average molecular weight is 1230 g/mol. The average Bonchev–Trinajstić information content (AvgIpc) is 2.70. The predicted molar refractivity (Wildman–Crippen MR) is 340 cm³/mol. The highest BCUT2D eigenvalue weighted by atomic mass is 35.5. The normalized spacial score (nSPS) is 14.0. The maximum absolute atomic E-state index is 12.5. The summed E-state index contributed by atoms with van der Waals surface area (Å²) >= 11 is 5.76. The molecule has 0 spiro atoms. The molecule has 1 heterocycles. The summed E-state index contributed by atoms with van der Waals surface area (Å²) in [5.74, 6) is 0.802. The van der Waals surface area contributed by atoms with Gasteiger partial charge in [0.15, 0.2) is 19.7 Å². The smallest absolute Gasteiger partial charge is 0.387 e. The van der Waals surface area contributed by atoms with Crippen LogP contribution in [0.15, 0.2) is 154 Å². The Morgan fingerprint density at radius 2 is 0.819 bits per heavy atom. The molecular weight excluding hydrogens is 1130 g/mol. The van der Waals surface area contributed by atoms with Crippen molar-refractivity contribution in [2.24, 2.45) is 0 Å². The van der Waals surface area contributed by atoms with Crippen molar-refractivity contribution in [3.05, 3.63) is 184 Å². The minimum Gasteiger partial charge on any atom is -0.470 e. The number of hydrogen-bond donors (Lipinski definition) is 0. The van der Waals surface area contributed by atoms with Gasteiger partial charge in [-0.05, 0) is 153 Å². The third-order valence-electron chi connectivity index (χ3n) is 13.4. The quantitative estimate of drug-likeness (QED) is 0.162. The fraction of sp³-hybridized carbons (Fsp3) is 0.471. The van der Waals surface area contributed by atoms with Crippen molar-refractivity contribution in [2.75, 3.05) is 11.5 Å². The fourth-order valence-corrected chi connectivity index (χ4v) is 10.9. The summed E-state index contributed by atoms with van der Waals surface area (Å²) in [6.07, 6.45) is 0. The third kappa shape index (κ3) is 23.3. The highest BCUT2D eigenvalue weighted by molar-refractivity contribution is 7.93. The number of rotatable bonds is 6. The van der Waals surface area contributed by atoms with Crippen LogP contribution in [0.1, 0.15) is 186 Å². The number of halogens is 4. The van der Waals surface area contributed by atoms with Crippen molar-refractivity contribution < 1.29 is 47.9 Å². The van der Waals surface area contributed by atoms with Crippen LogP contribution in [0.5, 0.6) is 11.5 Å². The van der Waals surface area contributed by atoms with E-state index >= 15 is 0 Å². The zero-order valence-electron chi connectivity index (χ0n) is 53.3. The first kappa shape index (κ1) is 74.0. The van der Waals surface area contributed by atoms with Crippen LogP contribution in [-0.4, -0.2) is 48.3 Å². The molecule has 0 unspecified atom stereocenters. The van der Waals surface area contributed by atoms with Crippen LogP contribution in [0.25, 0.3) is 0 Å². The molecule has 0 N–H and O–H groups in total. The highest BCUT2D eigenvalue weighted by Gasteiger charge is 2.46. The van der Waals surface area contributed by atoms with Gasteiger partial charge in [0.2, 0.25) is 14.8 Å². The first-order valence-electron chi connectivity index (χ1n) is 27.8. The molecule has 6 aromatic carbocycles. The third-order valence-corrected chi connectivity index (χ3v) is 19.4. The summed E-state index contributed by atoms with van der Waals surface area (Å²) in [7, 11) is -9.53. The van der Waals surface area contributed by atoms with Crippen LogP contribution < -0.4 is 9.47 Å². The molecule has 83 heavy (non-hydrogen) atoms. The predicted octanol–water partition coefficient (Wildman–Crippen LogP) is 18.8. The van der Waals surface area contributed by atoms with Crippen LogP contribution in [0.3, 0.4) is 0 Å². The summed E-state index contributed by atoms with van der Waals surface area (Å²) in [6.45, 7) is 41.6. The molecule has 0 fully saturated rings. The number of ether oxygens (including phenoxy) is 2. The molecule has 6 aromatic rings. The summed E-state index contributed by atoms with van der Waals surface area (Å²) in [5.41, 5.74) is 7.14. The lowest BCUT2D eigenvalue weighted by atomic mass is 9.87. The van der Waals surface area contributed by atoms with Gasteiger partial charge in [0.25, 0.3) is 0 Å². The van der Waals surface area contributed by atoms with Crippen LogP contribution in [0.4, 0.5) is 13.2 Å².